The molecule has 5 aromatic heterocycles. The molecule has 0 radical (unpaired) electrons. The predicted molar refractivity (Wildman–Crippen MR) is 143 cm³/mol. The Morgan fingerprint density at radius 3 is 2.71 bits per heavy atom. The van der Waals surface area contributed by atoms with E-state index in [9.17, 15) is 4.79 Å². The van der Waals surface area contributed by atoms with Crippen LogP contribution in [0.4, 0.5) is 10.1 Å². The molecular formula is C28H23FN8O. The number of imidazole rings is 1. The van der Waals surface area contributed by atoms with Crippen molar-refractivity contribution in [1.29, 1.82) is 0 Å². The van der Waals surface area contributed by atoms with E-state index in [1.165, 1.54) is 6.07 Å². The molecule has 6 aromatic rings. The molecule has 0 bridgehead atoms. The third-order valence-corrected chi connectivity index (χ3v) is 6.16. The summed E-state index contributed by atoms with van der Waals surface area (Å²) in [5.41, 5.74) is 5.61. The van der Waals surface area contributed by atoms with Gasteiger partial charge in [0, 0.05) is 53.3 Å². The number of nitrogens with one attached hydrogen (secondary N) is 3. The SMILES string of the molecule is CC(C)CC(=O)Nc1cncc(-c2cc(F)c3n[nH]c(-c4nc5nccc(-c6cccnc6)c5[nH]4)c3c2)c1. The molecular weight excluding hydrogens is 483 g/mol. The van der Waals surface area contributed by atoms with Crippen LogP contribution in [-0.2, 0) is 4.79 Å². The first kappa shape index (κ1) is 23.4. The van der Waals surface area contributed by atoms with Crippen LogP contribution in [0.25, 0.3) is 55.8 Å². The van der Waals surface area contributed by atoms with E-state index in [1.807, 2.05) is 38.1 Å². The highest BCUT2D eigenvalue weighted by Gasteiger charge is 2.18. The van der Waals surface area contributed by atoms with Crippen molar-refractivity contribution in [2.24, 2.45) is 5.92 Å². The summed E-state index contributed by atoms with van der Waals surface area (Å²) >= 11 is 0. The molecule has 0 aliphatic carbocycles. The summed E-state index contributed by atoms with van der Waals surface area (Å²) in [5.74, 6) is 0.133. The number of aromatic nitrogens is 7. The van der Waals surface area contributed by atoms with Crippen LogP contribution in [0, 0.1) is 11.7 Å². The molecule has 1 aromatic carbocycles. The molecule has 9 nitrogen and oxygen atoms in total. The Labute approximate surface area is 216 Å². The van der Waals surface area contributed by atoms with Crippen molar-refractivity contribution in [2.75, 3.05) is 5.32 Å². The number of amides is 1. The maximum absolute atomic E-state index is 15.2. The zero-order chi connectivity index (χ0) is 26.2. The van der Waals surface area contributed by atoms with Crippen LogP contribution in [0.15, 0.2) is 67.4 Å². The van der Waals surface area contributed by atoms with Gasteiger partial charge in [-0.1, -0.05) is 19.9 Å². The lowest BCUT2D eigenvalue weighted by molar-refractivity contribution is -0.116. The number of hydrogen-bond donors (Lipinski definition) is 3. The lowest BCUT2D eigenvalue weighted by atomic mass is 10.0. The van der Waals surface area contributed by atoms with Gasteiger partial charge in [0.25, 0.3) is 0 Å². The zero-order valence-corrected chi connectivity index (χ0v) is 20.7. The molecule has 0 atom stereocenters. The highest BCUT2D eigenvalue weighted by Crippen LogP contribution is 2.34. The smallest absolute Gasteiger partial charge is 0.224 e. The third kappa shape index (κ3) is 4.36. The normalized spacial score (nSPS) is 11.5. The van der Waals surface area contributed by atoms with E-state index in [2.05, 4.69) is 40.4 Å². The fourth-order valence-corrected chi connectivity index (χ4v) is 4.46. The van der Waals surface area contributed by atoms with Crippen molar-refractivity contribution in [3.63, 3.8) is 0 Å². The van der Waals surface area contributed by atoms with Gasteiger partial charge < -0.3 is 10.3 Å². The second-order valence-electron chi connectivity index (χ2n) is 9.45. The molecule has 3 N–H and O–H groups in total. The standard InChI is InChI=1S/C28H23FN8O/c1-15(2)8-23(38)33-19-9-18(13-31-14-19)17-10-21-24(22(29)11-17)36-37-26(21)28-34-25-20(5-7-32-27(25)35-28)16-4-3-6-30-12-16/h3-7,9-15H,8H2,1-2H3,(H,33,38)(H,36,37)(H,32,34,35). The summed E-state index contributed by atoms with van der Waals surface area (Å²) < 4.78 is 15.2. The van der Waals surface area contributed by atoms with Crippen molar-refractivity contribution in [3.05, 3.63) is 73.2 Å². The Bertz CT molecular complexity index is 1790. The quantitative estimate of drug-likeness (QED) is 0.264. The largest absolute Gasteiger partial charge is 0.335 e. The summed E-state index contributed by atoms with van der Waals surface area (Å²) in [5, 5.41) is 10.5. The molecule has 0 spiro atoms. The number of anilines is 1. The highest BCUT2D eigenvalue weighted by atomic mass is 19.1. The summed E-state index contributed by atoms with van der Waals surface area (Å²) in [6, 6.07) is 10.7. The van der Waals surface area contributed by atoms with E-state index in [-0.39, 0.29) is 17.3 Å². The number of pyridine rings is 3. The molecule has 6 rings (SSSR count). The first-order chi connectivity index (χ1) is 18.5. The first-order valence-corrected chi connectivity index (χ1v) is 12.1. The van der Waals surface area contributed by atoms with Crippen LogP contribution in [0.3, 0.4) is 0 Å². The van der Waals surface area contributed by atoms with Crippen LogP contribution in [0.1, 0.15) is 20.3 Å². The molecule has 38 heavy (non-hydrogen) atoms. The second-order valence-corrected chi connectivity index (χ2v) is 9.45. The molecule has 5 heterocycles. The van der Waals surface area contributed by atoms with Gasteiger partial charge in [-0.05, 0) is 41.8 Å². The molecule has 1 amide bonds. The van der Waals surface area contributed by atoms with Crippen molar-refractivity contribution in [2.45, 2.75) is 20.3 Å². The number of hydrogen-bond acceptors (Lipinski definition) is 6. The van der Waals surface area contributed by atoms with Gasteiger partial charge >= 0.3 is 0 Å². The monoisotopic (exact) mass is 506 g/mol. The molecule has 0 fully saturated rings. The third-order valence-electron chi connectivity index (χ3n) is 6.16. The minimum Gasteiger partial charge on any atom is -0.335 e. The van der Waals surface area contributed by atoms with Crippen LogP contribution < -0.4 is 5.32 Å². The first-order valence-electron chi connectivity index (χ1n) is 12.1. The molecule has 10 heteroatoms. The minimum absolute atomic E-state index is 0.0955. The van der Waals surface area contributed by atoms with E-state index in [4.69, 9.17) is 0 Å². The van der Waals surface area contributed by atoms with Gasteiger partial charge in [-0.15, -0.1) is 0 Å². The Balaban J connectivity index is 1.41. The van der Waals surface area contributed by atoms with Crippen molar-refractivity contribution >= 4 is 33.7 Å². The number of rotatable bonds is 6. The summed E-state index contributed by atoms with van der Waals surface area (Å²) in [6.45, 7) is 3.96. The maximum atomic E-state index is 15.2. The number of carbonyl (C=O) groups excluding carboxylic acids is 1. The van der Waals surface area contributed by atoms with Crippen LogP contribution in [-0.4, -0.2) is 41.0 Å². The number of aromatic amines is 2. The average molecular weight is 507 g/mol. The predicted octanol–water partition coefficient (Wildman–Crippen LogP) is 5.75. The number of fused-ring (bicyclic) bond motifs is 2. The summed E-state index contributed by atoms with van der Waals surface area (Å²) in [6.07, 6.45) is 8.78. The molecule has 0 unspecified atom stereocenters. The Morgan fingerprint density at radius 2 is 1.89 bits per heavy atom. The van der Waals surface area contributed by atoms with Gasteiger partial charge in [-0.2, -0.15) is 5.10 Å². The van der Waals surface area contributed by atoms with Gasteiger partial charge in [-0.3, -0.25) is 19.9 Å². The molecule has 0 saturated heterocycles. The number of halogens is 1. The van der Waals surface area contributed by atoms with E-state index >= 15 is 4.39 Å². The van der Waals surface area contributed by atoms with Gasteiger partial charge in [0.05, 0.1) is 17.4 Å². The molecule has 188 valence electrons. The maximum Gasteiger partial charge on any atom is 0.224 e. The van der Waals surface area contributed by atoms with Crippen LogP contribution >= 0.6 is 0 Å². The molecule has 0 aliphatic heterocycles. The summed E-state index contributed by atoms with van der Waals surface area (Å²) in [4.78, 5) is 33.1. The Kier molecular flexibility index (Phi) is 5.83. The molecule has 0 saturated carbocycles. The summed E-state index contributed by atoms with van der Waals surface area (Å²) in [7, 11) is 0. The zero-order valence-electron chi connectivity index (χ0n) is 20.7. The van der Waals surface area contributed by atoms with Gasteiger partial charge in [0.1, 0.15) is 11.2 Å². The minimum atomic E-state index is -0.487. The van der Waals surface area contributed by atoms with Crippen molar-refractivity contribution in [3.8, 4) is 33.8 Å². The van der Waals surface area contributed by atoms with Gasteiger partial charge in [-0.25, -0.2) is 14.4 Å². The van der Waals surface area contributed by atoms with Gasteiger partial charge in [0.15, 0.2) is 17.3 Å². The lowest BCUT2D eigenvalue weighted by Crippen LogP contribution is -2.13. The van der Waals surface area contributed by atoms with E-state index in [0.717, 1.165) is 16.6 Å². The van der Waals surface area contributed by atoms with E-state index < -0.39 is 5.82 Å². The average Bonchev–Trinajstić information content (AvgIpc) is 3.53. The van der Waals surface area contributed by atoms with Crippen LogP contribution in [0.2, 0.25) is 0 Å². The fourth-order valence-electron chi connectivity index (χ4n) is 4.46. The fraction of sp³-hybridized carbons (Fsp3) is 0.143. The molecule has 0 aliphatic rings. The lowest BCUT2D eigenvalue weighted by Gasteiger charge is -2.09. The van der Waals surface area contributed by atoms with Crippen LogP contribution in [0.5, 0.6) is 0 Å². The number of carbonyl (C=O) groups is 1. The van der Waals surface area contributed by atoms with E-state index in [0.29, 0.717) is 45.8 Å². The topological polar surface area (TPSA) is 125 Å². The highest BCUT2D eigenvalue weighted by molar-refractivity contribution is 5.98. The number of benzene rings is 1. The van der Waals surface area contributed by atoms with Gasteiger partial charge in [0.2, 0.25) is 5.91 Å². The van der Waals surface area contributed by atoms with Crippen molar-refractivity contribution < 1.29 is 9.18 Å². The van der Waals surface area contributed by atoms with Crippen molar-refractivity contribution in [1.82, 2.24) is 35.1 Å². The van der Waals surface area contributed by atoms with E-state index in [1.54, 1.807) is 37.1 Å². The number of H-pyrrole nitrogens is 2. The Morgan fingerprint density at radius 1 is 1.03 bits per heavy atom. The number of nitrogens with zero attached hydrogens (tertiary/aromatic N) is 5. The second kappa shape index (κ2) is 9.47. The Hall–Kier alpha value is -4.99.